The minimum Gasteiger partial charge on any atom is -0.341 e. The number of benzene rings is 1. The fraction of sp³-hybridized carbons (Fsp3) is 0.333. The number of aryl methyl sites for hydroxylation is 1. The Bertz CT molecular complexity index is 724. The van der Waals surface area contributed by atoms with E-state index in [1.165, 1.54) is 6.20 Å². The molecule has 1 amide bonds. The quantitative estimate of drug-likeness (QED) is 0.922. The average molecular weight is 281 g/mol. The fourth-order valence-electron chi connectivity index (χ4n) is 2.45. The number of hydrogen-bond acceptors (Lipinski definition) is 4. The zero-order chi connectivity index (χ0) is 14.9. The Balaban J connectivity index is 1.84. The molecule has 3 rings (SSSR count). The van der Waals surface area contributed by atoms with Crippen molar-refractivity contribution in [2.24, 2.45) is 0 Å². The highest BCUT2D eigenvalue weighted by Crippen LogP contribution is 2.45. The molecule has 0 spiro atoms. The highest BCUT2D eigenvalue weighted by Gasteiger charge is 2.46. The van der Waals surface area contributed by atoms with Gasteiger partial charge in [0.05, 0.1) is 23.4 Å². The van der Waals surface area contributed by atoms with Gasteiger partial charge in [0, 0.05) is 6.54 Å². The highest BCUT2D eigenvalue weighted by atomic mass is 16.2. The van der Waals surface area contributed by atoms with Crippen LogP contribution in [0, 0.1) is 11.3 Å². The highest BCUT2D eigenvalue weighted by molar-refractivity contribution is 5.93. The molecule has 2 aromatic rings. The Morgan fingerprint density at radius 3 is 3.00 bits per heavy atom. The average Bonchev–Trinajstić information content (AvgIpc) is 3.14. The number of hydrogen-bond donors (Lipinski definition) is 1. The van der Waals surface area contributed by atoms with Crippen molar-refractivity contribution in [3.05, 3.63) is 47.3 Å². The normalized spacial score (nSPS) is 15.2. The molecule has 6 heteroatoms. The van der Waals surface area contributed by atoms with Crippen molar-refractivity contribution in [3.63, 3.8) is 0 Å². The SMILES string of the molecule is CCn1nncc1C(=O)NC1(c2cccc(C#N)c2)CC1. The minimum atomic E-state index is -0.354. The molecule has 1 aliphatic carbocycles. The molecule has 1 aromatic heterocycles. The van der Waals surface area contributed by atoms with Gasteiger partial charge in [0.25, 0.3) is 5.91 Å². The molecule has 1 heterocycles. The van der Waals surface area contributed by atoms with Crippen molar-refractivity contribution in [2.45, 2.75) is 31.8 Å². The summed E-state index contributed by atoms with van der Waals surface area (Å²) in [5.41, 5.74) is 1.69. The van der Waals surface area contributed by atoms with Gasteiger partial charge in [0.2, 0.25) is 0 Å². The lowest BCUT2D eigenvalue weighted by atomic mass is 10.0. The van der Waals surface area contributed by atoms with Crippen LogP contribution in [0.3, 0.4) is 0 Å². The van der Waals surface area contributed by atoms with Gasteiger partial charge in [-0.3, -0.25) is 4.79 Å². The van der Waals surface area contributed by atoms with E-state index >= 15 is 0 Å². The molecule has 0 atom stereocenters. The Morgan fingerprint density at radius 1 is 1.52 bits per heavy atom. The van der Waals surface area contributed by atoms with Crippen LogP contribution in [0.1, 0.15) is 41.4 Å². The van der Waals surface area contributed by atoms with Crippen molar-refractivity contribution in [1.29, 1.82) is 5.26 Å². The molecule has 0 unspecified atom stereocenters. The maximum absolute atomic E-state index is 12.4. The zero-order valence-electron chi connectivity index (χ0n) is 11.7. The maximum atomic E-state index is 12.4. The number of nitrogens with one attached hydrogen (secondary N) is 1. The molecule has 1 saturated carbocycles. The van der Waals surface area contributed by atoms with Gasteiger partial charge in [-0.05, 0) is 37.5 Å². The first kappa shape index (κ1) is 13.3. The Labute approximate surface area is 122 Å². The predicted octanol–water partition coefficient (Wildman–Crippen LogP) is 1.59. The van der Waals surface area contributed by atoms with Gasteiger partial charge in [-0.2, -0.15) is 5.26 Å². The maximum Gasteiger partial charge on any atom is 0.271 e. The first-order chi connectivity index (χ1) is 10.2. The van der Waals surface area contributed by atoms with Gasteiger partial charge in [0.1, 0.15) is 5.69 Å². The van der Waals surface area contributed by atoms with Crippen LogP contribution < -0.4 is 5.32 Å². The van der Waals surface area contributed by atoms with Crippen molar-refractivity contribution in [1.82, 2.24) is 20.3 Å². The summed E-state index contributed by atoms with van der Waals surface area (Å²) < 4.78 is 1.57. The lowest BCUT2D eigenvalue weighted by Gasteiger charge is -2.18. The second kappa shape index (κ2) is 5.02. The molecule has 6 nitrogen and oxygen atoms in total. The summed E-state index contributed by atoms with van der Waals surface area (Å²) in [4.78, 5) is 12.4. The Hall–Kier alpha value is -2.68. The summed E-state index contributed by atoms with van der Waals surface area (Å²) in [5.74, 6) is -0.179. The number of aromatic nitrogens is 3. The van der Waals surface area contributed by atoms with Gasteiger partial charge in [-0.25, -0.2) is 4.68 Å². The molecule has 0 bridgehead atoms. The third-order valence-electron chi connectivity index (χ3n) is 3.80. The summed E-state index contributed by atoms with van der Waals surface area (Å²) in [6, 6.07) is 9.52. The third kappa shape index (κ3) is 2.38. The fourth-order valence-corrected chi connectivity index (χ4v) is 2.45. The van der Waals surface area contributed by atoms with Crippen LogP contribution in [0.5, 0.6) is 0 Å². The van der Waals surface area contributed by atoms with Crippen LogP contribution >= 0.6 is 0 Å². The van der Waals surface area contributed by atoms with Crippen LogP contribution in [0.15, 0.2) is 30.5 Å². The molecule has 1 aliphatic rings. The molecule has 21 heavy (non-hydrogen) atoms. The summed E-state index contributed by atoms with van der Waals surface area (Å²) in [5, 5.41) is 19.7. The first-order valence-corrected chi connectivity index (χ1v) is 6.90. The molecule has 0 radical (unpaired) electrons. The van der Waals surface area contributed by atoms with Crippen LogP contribution in [-0.2, 0) is 12.1 Å². The van der Waals surface area contributed by atoms with E-state index in [9.17, 15) is 4.79 Å². The Kier molecular flexibility index (Phi) is 3.18. The van der Waals surface area contributed by atoms with Crippen molar-refractivity contribution < 1.29 is 4.79 Å². The third-order valence-corrected chi connectivity index (χ3v) is 3.80. The van der Waals surface area contributed by atoms with Crippen molar-refractivity contribution in [3.8, 4) is 6.07 Å². The number of nitrogens with zero attached hydrogens (tertiary/aromatic N) is 4. The molecule has 1 aromatic carbocycles. The van der Waals surface area contributed by atoms with Gasteiger partial charge >= 0.3 is 0 Å². The van der Waals surface area contributed by atoms with Gasteiger partial charge in [-0.15, -0.1) is 5.10 Å². The monoisotopic (exact) mass is 281 g/mol. The smallest absolute Gasteiger partial charge is 0.271 e. The number of amides is 1. The molecule has 1 fully saturated rings. The minimum absolute atomic E-state index is 0.179. The number of rotatable bonds is 4. The lowest BCUT2D eigenvalue weighted by Crippen LogP contribution is -2.36. The van der Waals surface area contributed by atoms with Crippen LogP contribution in [-0.4, -0.2) is 20.9 Å². The van der Waals surface area contributed by atoms with E-state index in [2.05, 4.69) is 21.7 Å². The van der Waals surface area contributed by atoms with E-state index in [1.807, 2.05) is 25.1 Å². The van der Waals surface area contributed by atoms with E-state index in [4.69, 9.17) is 5.26 Å². The molecular formula is C15H15N5O. The second-order valence-electron chi connectivity index (χ2n) is 5.16. The van der Waals surface area contributed by atoms with E-state index in [-0.39, 0.29) is 11.4 Å². The number of carbonyl (C=O) groups is 1. The molecule has 0 saturated heterocycles. The van der Waals surface area contributed by atoms with E-state index < -0.39 is 0 Å². The van der Waals surface area contributed by atoms with Crippen LogP contribution in [0.25, 0.3) is 0 Å². The van der Waals surface area contributed by atoms with Gasteiger partial charge in [0.15, 0.2) is 0 Å². The summed E-state index contributed by atoms with van der Waals surface area (Å²) in [6.07, 6.45) is 3.23. The largest absolute Gasteiger partial charge is 0.341 e. The molecule has 0 aliphatic heterocycles. The molecule has 1 N–H and O–H groups in total. The van der Waals surface area contributed by atoms with Gasteiger partial charge < -0.3 is 5.32 Å². The van der Waals surface area contributed by atoms with Crippen molar-refractivity contribution >= 4 is 5.91 Å². The predicted molar refractivity (Wildman–Crippen MR) is 75.2 cm³/mol. The summed E-state index contributed by atoms with van der Waals surface area (Å²) >= 11 is 0. The van der Waals surface area contributed by atoms with E-state index in [0.717, 1.165) is 18.4 Å². The standard InChI is InChI=1S/C15H15N5O/c1-2-20-13(10-17-19-20)14(21)18-15(6-7-15)12-5-3-4-11(8-12)9-16/h3-5,8,10H,2,6-7H2,1H3,(H,18,21). The topological polar surface area (TPSA) is 83.6 Å². The first-order valence-electron chi connectivity index (χ1n) is 6.90. The van der Waals surface area contributed by atoms with Crippen LogP contribution in [0.4, 0.5) is 0 Å². The van der Waals surface area contributed by atoms with Crippen molar-refractivity contribution in [2.75, 3.05) is 0 Å². The number of nitriles is 1. The van der Waals surface area contributed by atoms with E-state index in [1.54, 1.807) is 10.7 Å². The summed E-state index contributed by atoms with van der Waals surface area (Å²) in [6.45, 7) is 2.51. The zero-order valence-corrected chi connectivity index (χ0v) is 11.7. The lowest BCUT2D eigenvalue weighted by molar-refractivity contribution is 0.0920. The van der Waals surface area contributed by atoms with Crippen LogP contribution in [0.2, 0.25) is 0 Å². The van der Waals surface area contributed by atoms with Gasteiger partial charge in [-0.1, -0.05) is 17.3 Å². The number of carbonyl (C=O) groups excluding carboxylic acids is 1. The second-order valence-corrected chi connectivity index (χ2v) is 5.16. The summed E-state index contributed by atoms with van der Waals surface area (Å²) in [7, 11) is 0. The van der Waals surface area contributed by atoms with E-state index in [0.29, 0.717) is 17.8 Å². The Morgan fingerprint density at radius 2 is 2.33 bits per heavy atom. The molecular weight excluding hydrogens is 266 g/mol. The molecule has 106 valence electrons.